The molecule has 1 aliphatic rings. The van der Waals surface area contributed by atoms with Gasteiger partial charge < -0.3 is 4.57 Å². The number of non-ortho nitro benzene ring substituents is 1. The highest BCUT2D eigenvalue weighted by molar-refractivity contribution is 6.32. The first-order chi connectivity index (χ1) is 12.0. The number of rotatable bonds is 2. The lowest BCUT2D eigenvalue weighted by atomic mass is 10.1. The Morgan fingerprint density at radius 1 is 1.24 bits per heavy atom. The van der Waals surface area contributed by atoms with Crippen LogP contribution in [0.5, 0.6) is 0 Å². The molecule has 1 aromatic heterocycles. The third-order valence-electron chi connectivity index (χ3n) is 4.30. The van der Waals surface area contributed by atoms with Crippen LogP contribution in [0.25, 0.3) is 22.6 Å². The molecule has 0 spiro atoms. The predicted molar refractivity (Wildman–Crippen MR) is 96.6 cm³/mol. The molecule has 7 heteroatoms. The summed E-state index contributed by atoms with van der Waals surface area (Å²) < 4.78 is 1.99. The smallest absolute Gasteiger partial charge is 0.281 e. The number of aryl methyl sites for hydroxylation is 1. The number of hydrogen-bond acceptors (Lipinski definition) is 4. The normalized spacial score (nSPS) is 14.8. The van der Waals surface area contributed by atoms with Gasteiger partial charge in [0, 0.05) is 29.3 Å². The molecule has 0 bridgehead atoms. The SMILES string of the molecule is O=c1nc2n(c3ccccc13)CCC2=Cc1cc([N+](=O)[O-])ccc1Cl. The van der Waals surface area contributed by atoms with Crippen LogP contribution in [-0.2, 0) is 6.54 Å². The number of hydrogen-bond donors (Lipinski definition) is 0. The van der Waals surface area contributed by atoms with E-state index in [9.17, 15) is 14.9 Å². The number of para-hydroxylation sites is 1. The molecular weight excluding hydrogens is 342 g/mol. The quantitative estimate of drug-likeness (QED) is 0.517. The van der Waals surface area contributed by atoms with Gasteiger partial charge in [-0.15, -0.1) is 0 Å². The Balaban J connectivity index is 1.89. The van der Waals surface area contributed by atoms with E-state index in [2.05, 4.69) is 4.98 Å². The van der Waals surface area contributed by atoms with Crippen LogP contribution < -0.4 is 5.56 Å². The first kappa shape index (κ1) is 15.5. The highest BCUT2D eigenvalue weighted by atomic mass is 35.5. The minimum atomic E-state index is -0.461. The summed E-state index contributed by atoms with van der Waals surface area (Å²) in [6.07, 6.45) is 2.45. The largest absolute Gasteiger partial charge is 0.325 e. The van der Waals surface area contributed by atoms with Crippen molar-refractivity contribution in [2.24, 2.45) is 0 Å². The van der Waals surface area contributed by atoms with Gasteiger partial charge in [-0.1, -0.05) is 23.7 Å². The van der Waals surface area contributed by atoms with Crippen molar-refractivity contribution in [3.05, 3.63) is 79.3 Å². The van der Waals surface area contributed by atoms with E-state index >= 15 is 0 Å². The number of nitrogens with zero attached hydrogens (tertiary/aromatic N) is 3. The maximum Gasteiger partial charge on any atom is 0.281 e. The molecular formula is C18H12ClN3O3. The van der Waals surface area contributed by atoms with Gasteiger partial charge in [0.1, 0.15) is 5.82 Å². The van der Waals surface area contributed by atoms with Gasteiger partial charge in [-0.25, -0.2) is 0 Å². The lowest BCUT2D eigenvalue weighted by Gasteiger charge is -2.07. The lowest BCUT2D eigenvalue weighted by Crippen LogP contribution is -2.14. The number of fused-ring (bicyclic) bond motifs is 3. The number of halogens is 1. The van der Waals surface area contributed by atoms with Crippen molar-refractivity contribution in [2.45, 2.75) is 13.0 Å². The Morgan fingerprint density at radius 3 is 2.84 bits per heavy atom. The van der Waals surface area contributed by atoms with Crippen LogP contribution in [-0.4, -0.2) is 14.5 Å². The van der Waals surface area contributed by atoms with Crippen LogP contribution in [0, 0.1) is 10.1 Å². The molecule has 0 amide bonds. The lowest BCUT2D eigenvalue weighted by molar-refractivity contribution is -0.384. The minimum absolute atomic E-state index is 0.0295. The summed E-state index contributed by atoms with van der Waals surface area (Å²) in [4.78, 5) is 27.0. The van der Waals surface area contributed by atoms with Crippen LogP contribution in [0.4, 0.5) is 5.69 Å². The zero-order chi connectivity index (χ0) is 17.6. The number of nitro benzene ring substituents is 1. The number of allylic oxidation sites excluding steroid dienone is 1. The van der Waals surface area contributed by atoms with Crippen molar-refractivity contribution in [3.8, 4) is 0 Å². The molecule has 1 aliphatic heterocycles. The number of nitro groups is 1. The first-order valence-electron chi connectivity index (χ1n) is 7.69. The second kappa shape index (κ2) is 5.82. The zero-order valence-corrected chi connectivity index (χ0v) is 13.7. The molecule has 6 nitrogen and oxygen atoms in total. The predicted octanol–water partition coefficient (Wildman–Crippen LogP) is 3.90. The van der Waals surface area contributed by atoms with Gasteiger partial charge in [0.2, 0.25) is 0 Å². The van der Waals surface area contributed by atoms with Crippen LogP contribution in [0.3, 0.4) is 0 Å². The summed E-state index contributed by atoms with van der Waals surface area (Å²) in [5.74, 6) is 0.589. The van der Waals surface area contributed by atoms with E-state index in [0.717, 1.165) is 11.1 Å². The van der Waals surface area contributed by atoms with E-state index in [1.165, 1.54) is 18.2 Å². The highest BCUT2D eigenvalue weighted by Gasteiger charge is 2.21. The van der Waals surface area contributed by atoms with Gasteiger partial charge in [0.05, 0.1) is 15.8 Å². The molecule has 0 aliphatic carbocycles. The summed E-state index contributed by atoms with van der Waals surface area (Å²) in [7, 11) is 0. The molecule has 0 N–H and O–H groups in total. The second-order valence-electron chi connectivity index (χ2n) is 5.79. The average Bonchev–Trinajstić information content (AvgIpc) is 3.00. The van der Waals surface area contributed by atoms with Gasteiger partial charge in [-0.2, -0.15) is 4.98 Å². The molecule has 0 fully saturated rings. The van der Waals surface area contributed by atoms with Crippen LogP contribution in [0.1, 0.15) is 17.8 Å². The van der Waals surface area contributed by atoms with Crippen molar-refractivity contribution >= 4 is 39.8 Å². The van der Waals surface area contributed by atoms with E-state index in [0.29, 0.717) is 34.8 Å². The minimum Gasteiger partial charge on any atom is -0.325 e. The molecule has 3 aromatic rings. The highest BCUT2D eigenvalue weighted by Crippen LogP contribution is 2.32. The Hall–Kier alpha value is -2.99. The van der Waals surface area contributed by atoms with Crippen molar-refractivity contribution in [1.29, 1.82) is 0 Å². The van der Waals surface area contributed by atoms with E-state index < -0.39 is 4.92 Å². The summed E-state index contributed by atoms with van der Waals surface area (Å²) >= 11 is 6.18. The number of benzene rings is 2. The van der Waals surface area contributed by atoms with Gasteiger partial charge in [-0.3, -0.25) is 14.9 Å². The Kier molecular flexibility index (Phi) is 3.62. The van der Waals surface area contributed by atoms with Crippen LogP contribution in [0.2, 0.25) is 5.02 Å². The van der Waals surface area contributed by atoms with Crippen molar-refractivity contribution < 1.29 is 4.92 Å². The number of aromatic nitrogens is 2. The maximum atomic E-state index is 12.3. The van der Waals surface area contributed by atoms with Gasteiger partial charge in [0.25, 0.3) is 11.2 Å². The maximum absolute atomic E-state index is 12.3. The van der Waals surface area contributed by atoms with E-state index in [1.54, 1.807) is 12.1 Å². The summed E-state index contributed by atoms with van der Waals surface area (Å²) in [6, 6.07) is 11.6. The molecule has 0 radical (unpaired) electrons. The van der Waals surface area contributed by atoms with Gasteiger partial charge >= 0.3 is 0 Å². The van der Waals surface area contributed by atoms with E-state index in [4.69, 9.17) is 11.6 Å². The first-order valence-corrected chi connectivity index (χ1v) is 8.07. The third kappa shape index (κ3) is 2.60. The molecule has 25 heavy (non-hydrogen) atoms. The summed E-state index contributed by atoms with van der Waals surface area (Å²) in [5, 5.41) is 12.0. The molecule has 2 aromatic carbocycles. The third-order valence-corrected chi connectivity index (χ3v) is 4.64. The monoisotopic (exact) mass is 353 g/mol. The van der Waals surface area contributed by atoms with Crippen LogP contribution in [0.15, 0.2) is 47.3 Å². The van der Waals surface area contributed by atoms with Crippen molar-refractivity contribution in [1.82, 2.24) is 9.55 Å². The van der Waals surface area contributed by atoms with E-state index in [1.807, 2.05) is 22.8 Å². The molecule has 4 rings (SSSR count). The zero-order valence-electron chi connectivity index (χ0n) is 13.0. The standard InChI is InChI=1S/C18H12ClN3O3/c19-15-6-5-13(22(24)25)10-12(15)9-11-7-8-21-16-4-2-1-3-14(16)18(23)20-17(11)21/h1-6,9-10H,7-8H2. The molecule has 124 valence electrons. The Bertz CT molecular complexity index is 1120. The fraction of sp³-hybridized carbons (Fsp3) is 0.111. The fourth-order valence-corrected chi connectivity index (χ4v) is 3.29. The molecule has 0 saturated carbocycles. The van der Waals surface area contributed by atoms with Crippen molar-refractivity contribution in [2.75, 3.05) is 0 Å². The molecule has 0 atom stereocenters. The second-order valence-corrected chi connectivity index (χ2v) is 6.20. The fourth-order valence-electron chi connectivity index (χ4n) is 3.12. The topological polar surface area (TPSA) is 78.0 Å². The summed E-state index contributed by atoms with van der Waals surface area (Å²) in [6.45, 7) is 0.696. The Labute approximate surface area is 147 Å². The average molecular weight is 354 g/mol. The summed E-state index contributed by atoms with van der Waals surface area (Å²) in [5.41, 5.74) is 1.91. The van der Waals surface area contributed by atoms with Crippen molar-refractivity contribution in [3.63, 3.8) is 0 Å². The molecule has 0 unspecified atom stereocenters. The molecule has 0 saturated heterocycles. The van der Waals surface area contributed by atoms with Crippen LogP contribution >= 0.6 is 11.6 Å². The van der Waals surface area contributed by atoms with Gasteiger partial charge in [0.15, 0.2) is 0 Å². The Morgan fingerprint density at radius 2 is 2.04 bits per heavy atom. The molecule has 2 heterocycles. The van der Waals surface area contributed by atoms with Gasteiger partial charge in [-0.05, 0) is 36.3 Å². The van der Waals surface area contributed by atoms with E-state index in [-0.39, 0.29) is 11.2 Å².